The number of carbonyl (C=O) groups is 1. The van der Waals surface area contributed by atoms with Gasteiger partial charge < -0.3 is 9.47 Å². The molecule has 3 rings (SSSR count). The number of hydrogen-bond acceptors (Lipinski definition) is 3. The third-order valence-corrected chi connectivity index (χ3v) is 7.32. The van der Waals surface area contributed by atoms with Crippen molar-refractivity contribution in [2.45, 2.75) is 120 Å². The zero-order valence-corrected chi connectivity index (χ0v) is 18.7. The molecule has 0 aromatic heterocycles. The molecule has 0 aromatic carbocycles. The zero-order valence-electron chi connectivity index (χ0n) is 18.7. The Labute approximate surface area is 189 Å². The third kappa shape index (κ3) is 6.54. The molecule has 4 atom stereocenters. The van der Waals surface area contributed by atoms with E-state index in [0.29, 0.717) is 18.8 Å². The van der Waals surface area contributed by atoms with Crippen LogP contribution in [0.2, 0.25) is 0 Å². The minimum Gasteiger partial charge on any atom is -0.462 e. The lowest BCUT2D eigenvalue weighted by Gasteiger charge is -2.39. The van der Waals surface area contributed by atoms with Gasteiger partial charge in [-0.1, -0.05) is 19.8 Å². The van der Waals surface area contributed by atoms with Gasteiger partial charge >= 0.3 is 12.1 Å². The van der Waals surface area contributed by atoms with Crippen molar-refractivity contribution in [3.05, 3.63) is 0 Å². The maximum atomic E-state index is 14.7. The summed E-state index contributed by atoms with van der Waals surface area (Å²) < 4.78 is 109. The fourth-order valence-electron chi connectivity index (χ4n) is 5.45. The van der Waals surface area contributed by atoms with Crippen molar-refractivity contribution in [1.29, 1.82) is 0 Å². The number of esters is 1. The van der Waals surface area contributed by atoms with E-state index in [1.807, 2.05) is 6.92 Å². The van der Waals surface area contributed by atoms with Crippen LogP contribution in [0, 0.1) is 17.8 Å². The second-order valence-electron chi connectivity index (χ2n) is 9.84. The maximum Gasteiger partial charge on any atom is 0.358 e. The number of alkyl halides is 7. The Morgan fingerprint density at radius 1 is 0.818 bits per heavy atom. The molecule has 4 unspecified atom stereocenters. The van der Waals surface area contributed by atoms with Gasteiger partial charge in [0.15, 0.2) is 6.17 Å². The monoisotopic (exact) mass is 490 g/mol. The van der Waals surface area contributed by atoms with Crippen LogP contribution in [0.3, 0.4) is 0 Å². The largest absolute Gasteiger partial charge is 0.462 e. The van der Waals surface area contributed by atoms with Gasteiger partial charge in [-0.25, -0.2) is 22.0 Å². The van der Waals surface area contributed by atoms with Gasteiger partial charge in [0.25, 0.3) is 0 Å². The predicted molar refractivity (Wildman–Crippen MR) is 106 cm³/mol. The Kier molecular flexibility index (Phi) is 8.94. The average molecular weight is 491 g/mol. The molecule has 0 radical (unpaired) electrons. The van der Waals surface area contributed by atoms with Gasteiger partial charge in [-0.2, -0.15) is 8.78 Å². The van der Waals surface area contributed by atoms with Crippen LogP contribution in [-0.4, -0.2) is 55.1 Å². The quantitative estimate of drug-likeness (QED) is 0.307. The lowest BCUT2D eigenvalue weighted by Crippen LogP contribution is -2.48. The van der Waals surface area contributed by atoms with E-state index < -0.39 is 92.7 Å². The maximum absolute atomic E-state index is 14.7. The molecule has 0 spiro atoms. The van der Waals surface area contributed by atoms with E-state index in [-0.39, 0.29) is 12.8 Å². The van der Waals surface area contributed by atoms with Gasteiger partial charge in [-0.05, 0) is 31.6 Å². The van der Waals surface area contributed by atoms with Crippen molar-refractivity contribution in [2.75, 3.05) is 0 Å². The smallest absolute Gasteiger partial charge is 0.358 e. The number of halogens is 7. The van der Waals surface area contributed by atoms with Gasteiger partial charge in [-0.15, -0.1) is 0 Å². The van der Waals surface area contributed by atoms with Crippen LogP contribution < -0.4 is 0 Å². The van der Waals surface area contributed by atoms with Crippen LogP contribution in [0.4, 0.5) is 30.7 Å². The SMILES string of the molecule is CCCC1CCC(C(F)(F)OC2CC(F)C(C(=O)OC3CC(F)C(F)C(F)C3)C(F)C2)CC1. The Balaban J connectivity index is 1.51. The van der Waals surface area contributed by atoms with E-state index in [4.69, 9.17) is 9.47 Å². The van der Waals surface area contributed by atoms with Gasteiger partial charge in [-0.3, -0.25) is 4.79 Å². The molecule has 0 bridgehead atoms. The summed E-state index contributed by atoms with van der Waals surface area (Å²) >= 11 is 0. The molecule has 3 saturated carbocycles. The van der Waals surface area contributed by atoms with E-state index in [2.05, 4.69) is 0 Å². The molecule has 0 aromatic rings. The van der Waals surface area contributed by atoms with E-state index in [0.717, 1.165) is 12.8 Å². The van der Waals surface area contributed by atoms with Crippen LogP contribution in [0.5, 0.6) is 0 Å². The fourth-order valence-corrected chi connectivity index (χ4v) is 5.45. The standard InChI is InChI=1S/C23H33F7O3/c1-2-3-12-4-6-13(7-5-12)23(29,30)33-15-10-16(24)20(17(25)11-15)22(31)32-14-8-18(26)21(28)19(27)9-14/h12-21H,2-11H2,1H3. The number of hydrogen-bond donors (Lipinski definition) is 0. The van der Waals surface area contributed by atoms with E-state index >= 15 is 0 Å². The highest BCUT2D eigenvalue weighted by molar-refractivity contribution is 5.74. The molecular weight excluding hydrogens is 457 g/mol. The van der Waals surface area contributed by atoms with E-state index in [9.17, 15) is 35.5 Å². The van der Waals surface area contributed by atoms with Crippen LogP contribution >= 0.6 is 0 Å². The van der Waals surface area contributed by atoms with Gasteiger partial charge in [0.1, 0.15) is 36.7 Å². The van der Waals surface area contributed by atoms with Crippen molar-refractivity contribution >= 4 is 5.97 Å². The number of ether oxygens (including phenoxy) is 2. The summed E-state index contributed by atoms with van der Waals surface area (Å²) in [5.74, 6) is -3.84. The normalized spacial score (nSPS) is 42.7. The lowest BCUT2D eigenvalue weighted by molar-refractivity contribution is -0.306. The highest BCUT2D eigenvalue weighted by atomic mass is 19.3. The minimum atomic E-state index is -3.52. The molecule has 3 aliphatic rings. The van der Waals surface area contributed by atoms with E-state index in [1.54, 1.807) is 0 Å². The summed E-state index contributed by atoms with van der Waals surface area (Å²) in [6.07, 6.45) is -15.8. The minimum absolute atomic E-state index is 0.281. The highest BCUT2D eigenvalue weighted by Gasteiger charge is 2.50. The van der Waals surface area contributed by atoms with Gasteiger partial charge in [0.05, 0.1) is 12.0 Å². The summed E-state index contributed by atoms with van der Waals surface area (Å²) in [5, 5.41) is 0. The second-order valence-corrected chi connectivity index (χ2v) is 9.84. The predicted octanol–water partition coefficient (Wildman–Crippen LogP) is 6.38. The van der Waals surface area contributed by atoms with Crippen molar-refractivity contribution in [2.24, 2.45) is 17.8 Å². The molecule has 33 heavy (non-hydrogen) atoms. The molecule has 0 heterocycles. The Morgan fingerprint density at radius 2 is 1.33 bits per heavy atom. The first-order chi connectivity index (χ1) is 15.5. The summed E-state index contributed by atoms with van der Waals surface area (Å²) in [6.45, 7) is 2.04. The lowest BCUT2D eigenvalue weighted by atomic mass is 9.79. The number of carbonyl (C=O) groups excluding carboxylic acids is 1. The second kappa shape index (κ2) is 11.1. The summed E-state index contributed by atoms with van der Waals surface area (Å²) in [7, 11) is 0. The Bertz CT molecular complexity index is 620. The Morgan fingerprint density at radius 3 is 1.85 bits per heavy atom. The summed E-state index contributed by atoms with van der Waals surface area (Å²) in [6, 6.07) is 0. The fraction of sp³-hybridized carbons (Fsp3) is 0.957. The zero-order chi connectivity index (χ0) is 24.3. The first-order valence-electron chi connectivity index (χ1n) is 12.0. The van der Waals surface area contributed by atoms with Crippen LogP contribution in [0.1, 0.15) is 71.1 Å². The van der Waals surface area contributed by atoms with Crippen LogP contribution in [-0.2, 0) is 14.3 Å². The van der Waals surface area contributed by atoms with Crippen LogP contribution in [0.25, 0.3) is 0 Å². The van der Waals surface area contributed by atoms with Crippen LogP contribution in [0.15, 0.2) is 0 Å². The molecule has 0 aliphatic heterocycles. The topological polar surface area (TPSA) is 35.5 Å². The van der Waals surface area contributed by atoms with E-state index in [1.165, 1.54) is 0 Å². The summed E-state index contributed by atoms with van der Waals surface area (Å²) in [4.78, 5) is 12.3. The average Bonchev–Trinajstić information content (AvgIpc) is 2.71. The van der Waals surface area contributed by atoms with Gasteiger partial charge in [0.2, 0.25) is 0 Å². The molecule has 3 aliphatic carbocycles. The molecule has 0 N–H and O–H groups in total. The molecular formula is C23H33F7O3. The Hall–Kier alpha value is -1.06. The van der Waals surface area contributed by atoms with Gasteiger partial charge in [0, 0.05) is 25.7 Å². The highest BCUT2D eigenvalue weighted by Crippen LogP contribution is 2.43. The first kappa shape index (κ1) is 26.5. The molecule has 0 amide bonds. The summed E-state index contributed by atoms with van der Waals surface area (Å²) in [5.41, 5.74) is 0. The molecule has 192 valence electrons. The molecule has 10 heteroatoms. The molecule has 3 nitrogen and oxygen atoms in total. The third-order valence-electron chi connectivity index (χ3n) is 7.32. The molecule has 0 saturated heterocycles. The molecule has 3 fully saturated rings. The van der Waals surface area contributed by atoms with Crippen molar-refractivity contribution in [3.63, 3.8) is 0 Å². The van der Waals surface area contributed by atoms with Crippen molar-refractivity contribution in [3.8, 4) is 0 Å². The van der Waals surface area contributed by atoms with Crippen molar-refractivity contribution in [1.82, 2.24) is 0 Å². The van der Waals surface area contributed by atoms with Crippen molar-refractivity contribution < 1.29 is 45.0 Å². The number of rotatable bonds is 7. The first-order valence-corrected chi connectivity index (χ1v) is 12.0.